The second kappa shape index (κ2) is 6.02. The zero-order valence-corrected chi connectivity index (χ0v) is 9.16. The minimum absolute atomic E-state index is 0.0874. The molecule has 0 aromatic rings. The van der Waals surface area contributed by atoms with Crippen molar-refractivity contribution in [3.8, 4) is 0 Å². The number of hydrogen-bond acceptors (Lipinski definition) is 5. The van der Waals surface area contributed by atoms with Crippen LogP contribution in [0.5, 0.6) is 0 Å². The molecule has 6 nitrogen and oxygen atoms in total. The Bertz CT molecular complexity index is 207. The second-order valence-corrected chi connectivity index (χ2v) is 3.30. The molecule has 15 heavy (non-hydrogen) atoms. The van der Waals surface area contributed by atoms with E-state index < -0.39 is 12.6 Å². The van der Waals surface area contributed by atoms with Crippen molar-refractivity contribution in [3.05, 3.63) is 0 Å². The highest BCUT2D eigenvalue weighted by atomic mass is 16.7. The molecule has 4 N–H and O–H groups in total. The summed E-state index contributed by atoms with van der Waals surface area (Å²) in [4.78, 5) is 11.3. The van der Waals surface area contributed by atoms with Crippen LogP contribution in [0.25, 0.3) is 0 Å². The molecular weight excluding hydrogens is 198 g/mol. The fourth-order valence-electron chi connectivity index (χ4n) is 1.55. The number of carbonyl (C=O) groups excluding carboxylic acids is 1. The molecule has 2 atom stereocenters. The molecule has 2 unspecified atom stereocenters. The lowest BCUT2D eigenvalue weighted by atomic mass is 10.1. The van der Waals surface area contributed by atoms with E-state index in [2.05, 4.69) is 10.6 Å². The zero-order chi connectivity index (χ0) is 11.3. The molecular formula is C9H19N3O3. The summed E-state index contributed by atoms with van der Waals surface area (Å²) in [5, 5.41) is 5.58. The number of amides is 1. The van der Waals surface area contributed by atoms with Gasteiger partial charge in [0.25, 0.3) is 0 Å². The normalized spacial score (nSPS) is 26.8. The van der Waals surface area contributed by atoms with Crippen molar-refractivity contribution in [3.63, 3.8) is 0 Å². The first kappa shape index (κ1) is 12.4. The summed E-state index contributed by atoms with van der Waals surface area (Å²) in [6.07, 6.45) is -0.630. The maximum Gasteiger partial charge on any atom is 0.223 e. The molecule has 1 amide bonds. The highest BCUT2D eigenvalue weighted by molar-refractivity contribution is 5.77. The molecule has 0 bridgehead atoms. The summed E-state index contributed by atoms with van der Waals surface area (Å²) in [6.45, 7) is 4.85. The largest absolute Gasteiger partial charge is 0.351 e. The smallest absolute Gasteiger partial charge is 0.223 e. The SMILES string of the molecule is CCOC(OCC)C1CC(=O)NC(N)N1. The van der Waals surface area contributed by atoms with Crippen LogP contribution in [0.15, 0.2) is 0 Å². The molecule has 1 rings (SSSR count). The van der Waals surface area contributed by atoms with Crippen molar-refractivity contribution in [2.24, 2.45) is 5.73 Å². The molecule has 0 radical (unpaired) electrons. The number of ether oxygens (including phenoxy) is 2. The van der Waals surface area contributed by atoms with Gasteiger partial charge in [0.05, 0.1) is 6.04 Å². The first-order chi connectivity index (χ1) is 7.17. The average molecular weight is 217 g/mol. The van der Waals surface area contributed by atoms with E-state index in [0.717, 1.165) is 0 Å². The molecule has 6 heteroatoms. The van der Waals surface area contributed by atoms with E-state index in [9.17, 15) is 4.79 Å². The van der Waals surface area contributed by atoms with Crippen LogP contribution >= 0.6 is 0 Å². The van der Waals surface area contributed by atoms with Crippen molar-refractivity contribution < 1.29 is 14.3 Å². The number of hydrogen-bond donors (Lipinski definition) is 3. The van der Waals surface area contributed by atoms with E-state index in [-0.39, 0.29) is 11.9 Å². The van der Waals surface area contributed by atoms with E-state index in [1.807, 2.05) is 13.8 Å². The van der Waals surface area contributed by atoms with Crippen molar-refractivity contribution in [1.82, 2.24) is 10.6 Å². The van der Waals surface area contributed by atoms with Gasteiger partial charge in [0.2, 0.25) is 5.91 Å². The van der Waals surface area contributed by atoms with E-state index in [1.54, 1.807) is 0 Å². The van der Waals surface area contributed by atoms with Gasteiger partial charge in [-0.25, -0.2) is 0 Å². The van der Waals surface area contributed by atoms with Crippen LogP contribution in [-0.4, -0.2) is 37.7 Å². The molecule has 0 spiro atoms. The molecule has 1 heterocycles. The molecule has 1 aliphatic rings. The lowest BCUT2D eigenvalue weighted by molar-refractivity contribution is -0.164. The van der Waals surface area contributed by atoms with Crippen LogP contribution < -0.4 is 16.4 Å². The van der Waals surface area contributed by atoms with Crippen molar-refractivity contribution >= 4 is 5.91 Å². The molecule has 1 fully saturated rings. The van der Waals surface area contributed by atoms with Gasteiger partial charge in [-0.2, -0.15) is 0 Å². The Morgan fingerprint density at radius 3 is 2.53 bits per heavy atom. The third kappa shape index (κ3) is 3.75. The Labute approximate surface area is 89.5 Å². The number of rotatable bonds is 5. The van der Waals surface area contributed by atoms with Gasteiger partial charge >= 0.3 is 0 Å². The van der Waals surface area contributed by atoms with Gasteiger partial charge in [0.1, 0.15) is 6.29 Å². The zero-order valence-electron chi connectivity index (χ0n) is 9.16. The summed E-state index contributed by atoms with van der Waals surface area (Å²) >= 11 is 0. The minimum atomic E-state index is -0.528. The van der Waals surface area contributed by atoms with E-state index in [1.165, 1.54) is 0 Å². The van der Waals surface area contributed by atoms with Crippen LogP contribution in [0, 0.1) is 0 Å². The van der Waals surface area contributed by atoms with Gasteiger partial charge in [0, 0.05) is 19.6 Å². The van der Waals surface area contributed by atoms with Crippen LogP contribution in [0.3, 0.4) is 0 Å². The van der Waals surface area contributed by atoms with Gasteiger partial charge in [-0.15, -0.1) is 0 Å². The minimum Gasteiger partial charge on any atom is -0.351 e. The summed E-state index contributed by atoms with van der Waals surface area (Å²) in [5.74, 6) is -0.0874. The predicted molar refractivity (Wildman–Crippen MR) is 54.7 cm³/mol. The monoisotopic (exact) mass is 217 g/mol. The van der Waals surface area contributed by atoms with Gasteiger partial charge in [-0.05, 0) is 13.8 Å². The van der Waals surface area contributed by atoms with Crippen LogP contribution in [0.4, 0.5) is 0 Å². The Morgan fingerprint density at radius 1 is 1.47 bits per heavy atom. The molecule has 1 saturated heterocycles. The lowest BCUT2D eigenvalue weighted by Crippen LogP contribution is -2.64. The lowest BCUT2D eigenvalue weighted by Gasteiger charge is -2.33. The van der Waals surface area contributed by atoms with E-state index in [4.69, 9.17) is 15.2 Å². The predicted octanol–water partition coefficient (Wildman–Crippen LogP) is -0.894. The Kier molecular flexibility index (Phi) is 4.97. The van der Waals surface area contributed by atoms with Gasteiger partial charge in [0.15, 0.2) is 6.29 Å². The topological polar surface area (TPSA) is 85.6 Å². The number of nitrogens with one attached hydrogen (secondary N) is 2. The van der Waals surface area contributed by atoms with Crippen LogP contribution in [-0.2, 0) is 14.3 Å². The van der Waals surface area contributed by atoms with Gasteiger partial charge in [-0.3, -0.25) is 15.8 Å². The first-order valence-electron chi connectivity index (χ1n) is 5.21. The Hall–Kier alpha value is -0.690. The van der Waals surface area contributed by atoms with Crippen LogP contribution in [0.1, 0.15) is 20.3 Å². The molecule has 0 saturated carbocycles. The molecule has 1 aliphatic heterocycles. The summed E-state index contributed by atoms with van der Waals surface area (Å²) in [5.41, 5.74) is 5.59. The maximum atomic E-state index is 11.3. The molecule has 0 aliphatic carbocycles. The molecule has 0 aromatic carbocycles. The third-order valence-corrected chi connectivity index (χ3v) is 2.11. The summed E-state index contributed by atoms with van der Waals surface area (Å²) < 4.78 is 10.8. The fourth-order valence-corrected chi connectivity index (χ4v) is 1.55. The standard InChI is InChI=1S/C9H19N3O3/c1-3-14-8(15-4-2)6-5-7(13)12-9(10)11-6/h6,8-9,11H,3-5,10H2,1-2H3,(H,12,13). The van der Waals surface area contributed by atoms with E-state index >= 15 is 0 Å². The van der Waals surface area contributed by atoms with Crippen molar-refractivity contribution in [2.75, 3.05) is 13.2 Å². The van der Waals surface area contributed by atoms with Crippen LogP contribution in [0.2, 0.25) is 0 Å². The van der Waals surface area contributed by atoms with Gasteiger partial charge < -0.3 is 14.8 Å². The third-order valence-electron chi connectivity index (χ3n) is 2.11. The Morgan fingerprint density at radius 2 is 2.07 bits per heavy atom. The van der Waals surface area contributed by atoms with Crippen molar-refractivity contribution in [1.29, 1.82) is 0 Å². The average Bonchev–Trinajstić information content (AvgIpc) is 2.16. The van der Waals surface area contributed by atoms with Gasteiger partial charge in [-0.1, -0.05) is 0 Å². The fraction of sp³-hybridized carbons (Fsp3) is 0.889. The first-order valence-corrected chi connectivity index (χ1v) is 5.21. The summed E-state index contributed by atoms with van der Waals surface area (Å²) in [7, 11) is 0. The second-order valence-electron chi connectivity index (χ2n) is 3.30. The number of nitrogens with two attached hydrogens (primary N) is 1. The summed E-state index contributed by atoms with van der Waals surface area (Å²) in [6, 6.07) is -0.186. The number of carbonyl (C=O) groups is 1. The quantitative estimate of drug-likeness (QED) is 0.520. The highest BCUT2D eigenvalue weighted by Gasteiger charge is 2.30. The van der Waals surface area contributed by atoms with E-state index in [0.29, 0.717) is 19.6 Å². The maximum absolute atomic E-state index is 11.3. The highest BCUT2D eigenvalue weighted by Crippen LogP contribution is 2.09. The molecule has 88 valence electrons. The Balaban J connectivity index is 2.53. The van der Waals surface area contributed by atoms with Crippen molar-refractivity contribution in [2.45, 2.75) is 38.9 Å². The molecule has 0 aromatic heterocycles.